The summed E-state index contributed by atoms with van der Waals surface area (Å²) in [5, 5.41) is 14.5. The molecule has 2 atom stereocenters. The lowest BCUT2D eigenvalue weighted by atomic mass is 9.93. The van der Waals surface area contributed by atoms with Crippen molar-refractivity contribution in [3.05, 3.63) is 52.2 Å². The summed E-state index contributed by atoms with van der Waals surface area (Å²) >= 11 is 1.36. The summed E-state index contributed by atoms with van der Waals surface area (Å²) in [7, 11) is 1.55. The molecule has 0 aliphatic rings. The van der Waals surface area contributed by atoms with Crippen molar-refractivity contribution in [2.75, 3.05) is 13.7 Å². The number of aliphatic hydroxyl groups excluding tert-OH is 1. The second kappa shape index (κ2) is 7.96. The predicted molar refractivity (Wildman–Crippen MR) is 88.7 cm³/mol. The summed E-state index contributed by atoms with van der Waals surface area (Å²) in [4.78, 5) is 12.8. The highest BCUT2D eigenvalue weighted by Crippen LogP contribution is 2.25. The van der Waals surface area contributed by atoms with E-state index >= 15 is 0 Å². The van der Waals surface area contributed by atoms with Crippen LogP contribution in [0.3, 0.4) is 0 Å². The number of aliphatic hydroxyl groups is 1. The van der Waals surface area contributed by atoms with Crippen molar-refractivity contribution in [1.82, 2.24) is 5.32 Å². The molecule has 0 bridgehead atoms. The third kappa shape index (κ3) is 4.32. The zero-order chi connectivity index (χ0) is 15.9. The van der Waals surface area contributed by atoms with Gasteiger partial charge in [-0.15, -0.1) is 11.3 Å². The van der Waals surface area contributed by atoms with E-state index in [1.54, 1.807) is 20.1 Å². The number of carbonyl (C=O) groups is 1. The zero-order valence-electron chi connectivity index (χ0n) is 12.8. The molecule has 0 saturated heterocycles. The average molecular weight is 319 g/mol. The standard InChI is InChI=1S/C17H21NO3S/c1-12(19)10-14(13-6-4-3-5-7-13)11-18-17(20)16-15(21-2)8-9-22-16/h3-9,12,14,19H,10-11H2,1-2H3,(H,18,20). The zero-order valence-corrected chi connectivity index (χ0v) is 13.6. The summed E-state index contributed by atoms with van der Waals surface area (Å²) < 4.78 is 5.17. The van der Waals surface area contributed by atoms with Crippen LogP contribution in [0.25, 0.3) is 0 Å². The van der Waals surface area contributed by atoms with Gasteiger partial charge >= 0.3 is 0 Å². The van der Waals surface area contributed by atoms with Crippen molar-refractivity contribution >= 4 is 17.2 Å². The van der Waals surface area contributed by atoms with E-state index in [9.17, 15) is 9.90 Å². The topological polar surface area (TPSA) is 58.6 Å². The minimum absolute atomic E-state index is 0.0797. The van der Waals surface area contributed by atoms with Crippen LogP contribution in [0.15, 0.2) is 41.8 Å². The molecule has 2 aromatic rings. The molecule has 0 aliphatic heterocycles. The molecule has 1 amide bonds. The highest BCUT2D eigenvalue weighted by atomic mass is 32.1. The fourth-order valence-corrected chi connectivity index (χ4v) is 3.17. The third-order valence-electron chi connectivity index (χ3n) is 3.46. The molecular formula is C17H21NO3S. The van der Waals surface area contributed by atoms with E-state index in [-0.39, 0.29) is 11.8 Å². The summed E-state index contributed by atoms with van der Waals surface area (Å²) in [5.74, 6) is 0.531. The van der Waals surface area contributed by atoms with Crippen LogP contribution in [-0.4, -0.2) is 30.8 Å². The quantitative estimate of drug-likeness (QED) is 0.824. The summed E-state index contributed by atoms with van der Waals surface area (Å²) in [6.07, 6.45) is 0.185. The summed E-state index contributed by atoms with van der Waals surface area (Å²) in [5.41, 5.74) is 1.11. The highest BCUT2D eigenvalue weighted by molar-refractivity contribution is 7.12. The van der Waals surface area contributed by atoms with Crippen molar-refractivity contribution in [2.24, 2.45) is 0 Å². The Kier molecular flexibility index (Phi) is 5.98. The van der Waals surface area contributed by atoms with Crippen LogP contribution in [0.5, 0.6) is 5.75 Å². The van der Waals surface area contributed by atoms with E-state index in [0.29, 0.717) is 23.6 Å². The van der Waals surface area contributed by atoms with E-state index in [0.717, 1.165) is 5.56 Å². The van der Waals surface area contributed by atoms with E-state index in [2.05, 4.69) is 5.32 Å². The summed E-state index contributed by atoms with van der Waals surface area (Å²) in [6.45, 7) is 2.24. The highest BCUT2D eigenvalue weighted by Gasteiger charge is 2.18. The van der Waals surface area contributed by atoms with Gasteiger partial charge in [0.15, 0.2) is 0 Å². The van der Waals surface area contributed by atoms with Gasteiger partial charge in [-0.05, 0) is 30.4 Å². The monoisotopic (exact) mass is 319 g/mol. The first-order chi connectivity index (χ1) is 10.6. The molecule has 0 spiro atoms. The van der Waals surface area contributed by atoms with Gasteiger partial charge in [-0.2, -0.15) is 0 Å². The molecule has 0 aliphatic carbocycles. The molecule has 2 rings (SSSR count). The molecule has 118 valence electrons. The van der Waals surface area contributed by atoms with Gasteiger partial charge in [0, 0.05) is 12.5 Å². The molecule has 0 saturated carbocycles. The maximum absolute atomic E-state index is 12.3. The Morgan fingerprint density at radius 1 is 1.32 bits per heavy atom. The second-order valence-electron chi connectivity index (χ2n) is 5.22. The van der Waals surface area contributed by atoms with Crippen LogP contribution in [0.1, 0.15) is 34.5 Å². The first-order valence-corrected chi connectivity index (χ1v) is 8.12. The number of amides is 1. The largest absolute Gasteiger partial charge is 0.495 e. The number of rotatable bonds is 7. The molecule has 4 nitrogen and oxygen atoms in total. The first-order valence-electron chi connectivity index (χ1n) is 7.24. The Morgan fingerprint density at radius 2 is 2.05 bits per heavy atom. The molecule has 22 heavy (non-hydrogen) atoms. The number of thiophene rings is 1. The molecule has 5 heteroatoms. The predicted octanol–water partition coefficient (Wildman–Crippen LogP) is 3.04. The number of methoxy groups -OCH3 is 1. The van der Waals surface area contributed by atoms with Gasteiger partial charge in [-0.1, -0.05) is 30.3 Å². The van der Waals surface area contributed by atoms with Crippen LogP contribution in [-0.2, 0) is 0 Å². The lowest BCUT2D eigenvalue weighted by Crippen LogP contribution is -2.29. The molecule has 0 radical (unpaired) electrons. The molecule has 0 fully saturated rings. The Balaban J connectivity index is 2.04. The Morgan fingerprint density at radius 3 is 2.68 bits per heavy atom. The minimum Gasteiger partial charge on any atom is -0.495 e. The number of hydrogen-bond acceptors (Lipinski definition) is 4. The lowest BCUT2D eigenvalue weighted by Gasteiger charge is -2.19. The fraction of sp³-hybridized carbons (Fsp3) is 0.353. The smallest absolute Gasteiger partial charge is 0.265 e. The van der Waals surface area contributed by atoms with E-state index in [1.165, 1.54) is 11.3 Å². The van der Waals surface area contributed by atoms with Crippen LogP contribution < -0.4 is 10.1 Å². The van der Waals surface area contributed by atoms with Crippen LogP contribution >= 0.6 is 11.3 Å². The van der Waals surface area contributed by atoms with Gasteiger partial charge in [0.25, 0.3) is 5.91 Å². The second-order valence-corrected chi connectivity index (χ2v) is 6.14. The molecule has 2 unspecified atom stereocenters. The Hall–Kier alpha value is -1.85. The van der Waals surface area contributed by atoms with Gasteiger partial charge in [0.1, 0.15) is 10.6 Å². The Bertz CT molecular complexity index is 595. The SMILES string of the molecule is COc1ccsc1C(=O)NCC(CC(C)O)c1ccccc1. The third-order valence-corrected chi connectivity index (χ3v) is 4.36. The maximum atomic E-state index is 12.3. The molecular weight excluding hydrogens is 298 g/mol. The van der Waals surface area contributed by atoms with Gasteiger partial charge in [0.2, 0.25) is 0 Å². The van der Waals surface area contributed by atoms with Crippen molar-refractivity contribution in [3.8, 4) is 5.75 Å². The van der Waals surface area contributed by atoms with E-state index in [1.807, 2.05) is 35.7 Å². The summed E-state index contributed by atoms with van der Waals surface area (Å²) in [6, 6.07) is 11.7. The normalized spacial score (nSPS) is 13.4. The van der Waals surface area contributed by atoms with Crippen LogP contribution in [0, 0.1) is 0 Å². The van der Waals surface area contributed by atoms with E-state index < -0.39 is 6.10 Å². The van der Waals surface area contributed by atoms with Crippen molar-refractivity contribution in [2.45, 2.75) is 25.4 Å². The number of nitrogens with one attached hydrogen (secondary N) is 1. The maximum Gasteiger partial charge on any atom is 0.265 e. The Labute approximate surface area is 134 Å². The number of benzene rings is 1. The number of hydrogen-bond donors (Lipinski definition) is 2. The van der Waals surface area contributed by atoms with Crippen molar-refractivity contribution in [3.63, 3.8) is 0 Å². The minimum atomic E-state index is -0.418. The fourth-order valence-electron chi connectivity index (χ4n) is 2.39. The van der Waals surface area contributed by atoms with E-state index in [4.69, 9.17) is 4.74 Å². The lowest BCUT2D eigenvalue weighted by molar-refractivity contribution is 0.0947. The molecule has 1 aromatic carbocycles. The van der Waals surface area contributed by atoms with Crippen molar-refractivity contribution < 1.29 is 14.6 Å². The number of carbonyl (C=O) groups excluding carboxylic acids is 1. The van der Waals surface area contributed by atoms with Gasteiger partial charge < -0.3 is 15.2 Å². The van der Waals surface area contributed by atoms with Crippen LogP contribution in [0.2, 0.25) is 0 Å². The van der Waals surface area contributed by atoms with Gasteiger partial charge in [-0.3, -0.25) is 4.79 Å². The molecule has 1 aromatic heterocycles. The van der Waals surface area contributed by atoms with Gasteiger partial charge in [0.05, 0.1) is 13.2 Å². The van der Waals surface area contributed by atoms with Gasteiger partial charge in [-0.25, -0.2) is 0 Å². The number of ether oxygens (including phenoxy) is 1. The molecule has 1 heterocycles. The van der Waals surface area contributed by atoms with Crippen LogP contribution in [0.4, 0.5) is 0 Å². The molecule has 2 N–H and O–H groups in total. The average Bonchev–Trinajstić information content (AvgIpc) is 3.00. The van der Waals surface area contributed by atoms with Crippen molar-refractivity contribution in [1.29, 1.82) is 0 Å². The first kappa shape index (κ1) is 16.5.